The summed E-state index contributed by atoms with van der Waals surface area (Å²) in [6, 6.07) is -0.477. The van der Waals surface area contributed by atoms with Gasteiger partial charge in [-0.2, -0.15) is 26.3 Å². The van der Waals surface area contributed by atoms with Crippen LogP contribution >= 0.6 is 0 Å². The molecule has 0 bridgehead atoms. The summed E-state index contributed by atoms with van der Waals surface area (Å²) in [5, 5.41) is 2.74. The van der Waals surface area contributed by atoms with Crippen molar-refractivity contribution in [2.75, 3.05) is 13.7 Å². The summed E-state index contributed by atoms with van der Waals surface area (Å²) in [5.41, 5.74) is 0. The van der Waals surface area contributed by atoms with Gasteiger partial charge in [0.05, 0.1) is 6.61 Å². The Kier molecular flexibility index (Phi) is 5.49. The van der Waals surface area contributed by atoms with Crippen molar-refractivity contribution in [3.05, 3.63) is 0 Å². The lowest BCUT2D eigenvalue weighted by Gasteiger charge is -2.28. The van der Waals surface area contributed by atoms with Crippen molar-refractivity contribution in [2.45, 2.75) is 50.2 Å². The molecule has 19 heavy (non-hydrogen) atoms. The van der Waals surface area contributed by atoms with Gasteiger partial charge in [0.1, 0.15) is 0 Å². The minimum absolute atomic E-state index is 0.0760. The summed E-state index contributed by atoms with van der Waals surface area (Å²) in [5.74, 6) is 0.0760. The zero-order valence-electron chi connectivity index (χ0n) is 10.4. The Morgan fingerprint density at radius 1 is 1.05 bits per heavy atom. The predicted octanol–water partition coefficient (Wildman–Crippen LogP) is 3.27. The molecule has 1 rings (SSSR count). The molecule has 0 heterocycles. The molecule has 1 aliphatic rings. The van der Waals surface area contributed by atoms with Gasteiger partial charge in [0, 0.05) is 6.04 Å². The highest BCUT2D eigenvalue weighted by molar-refractivity contribution is 4.82. The molecule has 0 aliphatic heterocycles. The highest BCUT2D eigenvalue weighted by Gasteiger charge is 2.58. The smallest absolute Gasteiger partial charge is 0.359 e. The first-order valence-electron chi connectivity index (χ1n) is 6.08. The molecule has 1 N–H and O–H groups in total. The zero-order valence-corrected chi connectivity index (χ0v) is 10.4. The first-order valence-corrected chi connectivity index (χ1v) is 6.08. The largest absolute Gasteiger partial charge is 0.423 e. The van der Waals surface area contributed by atoms with Crippen LogP contribution in [-0.2, 0) is 4.74 Å². The first kappa shape index (κ1) is 16.6. The Balaban J connectivity index is 2.59. The number of likely N-dealkylation sites (N-methyl/N-ethyl adjacent to an activating group) is 1. The fraction of sp³-hybridized carbons (Fsp3) is 1.00. The van der Waals surface area contributed by atoms with Crippen LogP contribution in [0.25, 0.3) is 0 Å². The molecule has 0 aromatic rings. The maximum Gasteiger partial charge on any atom is 0.423 e. The van der Waals surface area contributed by atoms with Gasteiger partial charge in [-0.15, -0.1) is 0 Å². The van der Waals surface area contributed by atoms with Crippen LogP contribution in [0.15, 0.2) is 0 Å². The number of nitrogens with one attached hydrogen (secondary N) is 1. The van der Waals surface area contributed by atoms with E-state index in [-0.39, 0.29) is 5.92 Å². The predicted molar refractivity (Wildman–Crippen MR) is 56.7 cm³/mol. The molecule has 0 spiro atoms. The number of hydrogen-bond donors (Lipinski definition) is 1. The number of alkyl halides is 6. The van der Waals surface area contributed by atoms with E-state index in [2.05, 4.69) is 10.1 Å². The maximum absolute atomic E-state index is 12.3. The topological polar surface area (TPSA) is 21.3 Å². The van der Waals surface area contributed by atoms with Crippen LogP contribution in [-0.4, -0.2) is 38.2 Å². The highest BCUT2D eigenvalue weighted by Crippen LogP contribution is 2.36. The fourth-order valence-electron chi connectivity index (χ4n) is 2.39. The van der Waals surface area contributed by atoms with Gasteiger partial charge in [-0.3, -0.25) is 0 Å². The molecule has 0 aromatic carbocycles. The molecule has 1 aliphatic carbocycles. The minimum Gasteiger partial charge on any atom is -0.359 e. The van der Waals surface area contributed by atoms with Crippen LogP contribution in [0.5, 0.6) is 0 Å². The van der Waals surface area contributed by atoms with E-state index in [4.69, 9.17) is 0 Å². The van der Waals surface area contributed by atoms with Crippen molar-refractivity contribution in [3.63, 3.8) is 0 Å². The summed E-state index contributed by atoms with van der Waals surface area (Å²) >= 11 is 0. The second-order valence-electron chi connectivity index (χ2n) is 4.74. The lowest BCUT2D eigenvalue weighted by atomic mass is 9.99. The molecule has 1 atom stereocenters. The number of halogens is 6. The monoisotopic (exact) mass is 293 g/mol. The van der Waals surface area contributed by atoms with E-state index < -0.39 is 31.1 Å². The standard InChI is InChI=1S/C11H17F6NO/c1-18-8(7-4-2-3-5-7)6-19-9(10(12,13)14)11(15,16)17/h7-9,18H,2-6H2,1H3. The van der Waals surface area contributed by atoms with E-state index in [1.807, 2.05) is 0 Å². The molecule has 1 saturated carbocycles. The van der Waals surface area contributed by atoms with Gasteiger partial charge in [-0.1, -0.05) is 12.8 Å². The van der Waals surface area contributed by atoms with Gasteiger partial charge in [-0.05, 0) is 25.8 Å². The first-order chi connectivity index (χ1) is 8.66. The fourth-order valence-corrected chi connectivity index (χ4v) is 2.39. The van der Waals surface area contributed by atoms with Gasteiger partial charge in [-0.25, -0.2) is 0 Å². The summed E-state index contributed by atoms with van der Waals surface area (Å²) in [6.07, 6.45) is -11.1. The number of rotatable bonds is 5. The van der Waals surface area contributed by atoms with Gasteiger partial charge in [0.15, 0.2) is 0 Å². The third-order valence-corrected chi connectivity index (χ3v) is 3.38. The van der Waals surface area contributed by atoms with Crippen LogP contribution in [0, 0.1) is 5.92 Å². The zero-order chi connectivity index (χ0) is 14.7. The Bertz CT molecular complexity index is 257. The van der Waals surface area contributed by atoms with E-state index in [0.717, 1.165) is 25.7 Å². The Labute approximate surface area is 107 Å². The van der Waals surface area contributed by atoms with E-state index >= 15 is 0 Å². The molecule has 2 nitrogen and oxygen atoms in total. The molecular weight excluding hydrogens is 276 g/mol. The third kappa shape index (κ3) is 4.83. The lowest BCUT2D eigenvalue weighted by Crippen LogP contribution is -2.47. The summed E-state index contributed by atoms with van der Waals surface area (Å²) in [7, 11) is 1.52. The van der Waals surface area contributed by atoms with Gasteiger partial charge >= 0.3 is 12.4 Å². The summed E-state index contributed by atoms with van der Waals surface area (Å²) in [4.78, 5) is 0. The summed E-state index contributed by atoms with van der Waals surface area (Å²) < 4.78 is 77.8. The second kappa shape index (κ2) is 6.30. The van der Waals surface area contributed by atoms with E-state index in [9.17, 15) is 26.3 Å². The van der Waals surface area contributed by atoms with Crippen molar-refractivity contribution >= 4 is 0 Å². The van der Waals surface area contributed by atoms with Crippen LogP contribution in [0.2, 0.25) is 0 Å². The van der Waals surface area contributed by atoms with Crippen molar-refractivity contribution < 1.29 is 31.1 Å². The normalized spacial score (nSPS) is 20.2. The average molecular weight is 293 g/mol. The van der Waals surface area contributed by atoms with Crippen LogP contribution in [0.1, 0.15) is 25.7 Å². The molecule has 0 radical (unpaired) electrons. The third-order valence-electron chi connectivity index (χ3n) is 3.38. The quantitative estimate of drug-likeness (QED) is 0.786. The van der Waals surface area contributed by atoms with E-state index in [1.54, 1.807) is 0 Å². The molecule has 1 fully saturated rings. The minimum atomic E-state index is -5.44. The lowest BCUT2D eigenvalue weighted by molar-refractivity contribution is -0.323. The number of hydrogen-bond acceptors (Lipinski definition) is 2. The van der Waals surface area contributed by atoms with Gasteiger partial charge in [0.25, 0.3) is 0 Å². The molecule has 0 saturated heterocycles. The van der Waals surface area contributed by atoms with Gasteiger partial charge < -0.3 is 10.1 Å². The SMILES string of the molecule is CNC(COC(C(F)(F)F)C(F)(F)F)C1CCCC1. The van der Waals surface area contributed by atoms with Crippen LogP contribution in [0.3, 0.4) is 0 Å². The summed E-state index contributed by atoms with van der Waals surface area (Å²) in [6.45, 7) is -0.592. The van der Waals surface area contributed by atoms with Crippen molar-refractivity contribution in [1.82, 2.24) is 5.32 Å². The highest BCUT2D eigenvalue weighted by atomic mass is 19.4. The Hall–Kier alpha value is -0.500. The van der Waals surface area contributed by atoms with E-state index in [1.165, 1.54) is 7.05 Å². The van der Waals surface area contributed by atoms with Crippen molar-refractivity contribution in [3.8, 4) is 0 Å². The second-order valence-corrected chi connectivity index (χ2v) is 4.74. The van der Waals surface area contributed by atoms with Crippen molar-refractivity contribution in [2.24, 2.45) is 5.92 Å². The molecule has 114 valence electrons. The van der Waals surface area contributed by atoms with E-state index in [0.29, 0.717) is 0 Å². The van der Waals surface area contributed by atoms with Crippen LogP contribution in [0.4, 0.5) is 26.3 Å². The molecule has 0 aromatic heterocycles. The molecule has 1 unspecified atom stereocenters. The van der Waals surface area contributed by atoms with Gasteiger partial charge in [0.2, 0.25) is 6.10 Å². The maximum atomic E-state index is 12.3. The molecule has 0 amide bonds. The Morgan fingerprint density at radius 2 is 1.53 bits per heavy atom. The Morgan fingerprint density at radius 3 is 1.89 bits per heavy atom. The van der Waals surface area contributed by atoms with Crippen molar-refractivity contribution in [1.29, 1.82) is 0 Å². The molecular formula is C11H17F6NO. The van der Waals surface area contributed by atoms with Crippen LogP contribution < -0.4 is 5.32 Å². The number of ether oxygens (including phenoxy) is 1. The molecule has 8 heteroatoms. The average Bonchev–Trinajstić information content (AvgIpc) is 2.73.